The van der Waals surface area contributed by atoms with Gasteiger partial charge in [0, 0.05) is 6.61 Å². The van der Waals surface area contributed by atoms with Crippen molar-refractivity contribution < 1.29 is 19.4 Å². The third-order valence-electron chi connectivity index (χ3n) is 3.13. The van der Waals surface area contributed by atoms with Crippen molar-refractivity contribution in [2.24, 2.45) is 5.92 Å². The third kappa shape index (κ3) is 3.47. The number of carbonyl (C=O) groups is 1. The van der Waals surface area contributed by atoms with E-state index < -0.39 is 5.97 Å². The first-order chi connectivity index (χ1) is 8.70. The molecule has 18 heavy (non-hydrogen) atoms. The minimum absolute atomic E-state index is 0.181. The predicted molar refractivity (Wildman–Crippen MR) is 67.0 cm³/mol. The molecule has 0 atom stereocenters. The zero-order valence-corrected chi connectivity index (χ0v) is 10.5. The molecule has 0 spiro atoms. The van der Waals surface area contributed by atoms with Gasteiger partial charge in [-0.05, 0) is 30.0 Å². The van der Waals surface area contributed by atoms with E-state index in [1.807, 2.05) is 6.07 Å². The molecule has 1 aliphatic rings. The number of ether oxygens (including phenoxy) is 2. The minimum Gasteiger partial charge on any atom is -0.496 e. The van der Waals surface area contributed by atoms with Gasteiger partial charge in [0.25, 0.3) is 0 Å². The first-order valence-corrected chi connectivity index (χ1v) is 6.18. The maximum atomic E-state index is 11.0. The molecule has 1 N–H and O–H groups in total. The van der Waals surface area contributed by atoms with E-state index in [4.69, 9.17) is 14.6 Å². The lowest BCUT2D eigenvalue weighted by Gasteiger charge is -2.08. The van der Waals surface area contributed by atoms with Crippen LogP contribution in [0.5, 0.6) is 5.75 Å². The number of aromatic carboxylic acids is 1. The highest BCUT2D eigenvalue weighted by Crippen LogP contribution is 2.32. The molecule has 1 aliphatic carbocycles. The maximum absolute atomic E-state index is 11.0. The van der Waals surface area contributed by atoms with Gasteiger partial charge in [0.05, 0.1) is 13.7 Å². The number of carboxylic acids is 1. The van der Waals surface area contributed by atoms with Crippen LogP contribution in [0.3, 0.4) is 0 Å². The lowest BCUT2D eigenvalue weighted by Crippen LogP contribution is -2.03. The van der Waals surface area contributed by atoms with Crippen molar-refractivity contribution in [1.29, 1.82) is 0 Å². The van der Waals surface area contributed by atoms with Gasteiger partial charge in [-0.2, -0.15) is 0 Å². The number of hydrogen-bond acceptors (Lipinski definition) is 3. The standard InChI is InChI=1S/C14H18O4/c1-17-13-5-4-11(8-12(13)14(15)16)9-18-7-6-10-2-3-10/h4-5,8,10H,2-3,6-7,9H2,1H3,(H,15,16). The normalized spacial score (nSPS) is 14.5. The quantitative estimate of drug-likeness (QED) is 0.756. The molecule has 4 nitrogen and oxygen atoms in total. The Hall–Kier alpha value is -1.55. The molecule has 0 unspecified atom stereocenters. The lowest BCUT2D eigenvalue weighted by molar-refractivity contribution is 0.0692. The van der Waals surface area contributed by atoms with Gasteiger partial charge in [-0.1, -0.05) is 18.9 Å². The van der Waals surface area contributed by atoms with Gasteiger partial charge in [-0.25, -0.2) is 4.79 Å². The van der Waals surface area contributed by atoms with E-state index in [-0.39, 0.29) is 5.56 Å². The Morgan fingerprint density at radius 2 is 2.22 bits per heavy atom. The van der Waals surface area contributed by atoms with Crippen LogP contribution in [0.4, 0.5) is 0 Å². The van der Waals surface area contributed by atoms with Gasteiger partial charge in [-0.3, -0.25) is 0 Å². The Morgan fingerprint density at radius 3 is 2.83 bits per heavy atom. The summed E-state index contributed by atoms with van der Waals surface area (Å²) in [7, 11) is 1.47. The second-order valence-electron chi connectivity index (χ2n) is 4.62. The Bertz CT molecular complexity index is 424. The van der Waals surface area contributed by atoms with E-state index in [9.17, 15) is 4.79 Å². The van der Waals surface area contributed by atoms with E-state index >= 15 is 0 Å². The Kier molecular flexibility index (Phi) is 4.20. The number of benzene rings is 1. The number of carboxylic acid groups (broad SMARTS) is 1. The minimum atomic E-state index is -0.980. The molecule has 1 saturated carbocycles. The largest absolute Gasteiger partial charge is 0.496 e. The first kappa shape index (κ1) is 12.9. The van der Waals surface area contributed by atoms with Crippen LogP contribution < -0.4 is 4.74 Å². The van der Waals surface area contributed by atoms with E-state index in [0.717, 1.165) is 24.5 Å². The van der Waals surface area contributed by atoms with Crippen LogP contribution in [-0.2, 0) is 11.3 Å². The van der Waals surface area contributed by atoms with Gasteiger partial charge in [0.15, 0.2) is 0 Å². The molecule has 98 valence electrons. The van der Waals surface area contributed by atoms with Crippen LogP contribution in [0, 0.1) is 5.92 Å². The summed E-state index contributed by atoms with van der Waals surface area (Å²) in [6, 6.07) is 5.11. The molecular formula is C14H18O4. The van der Waals surface area contributed by atoms with Crippen LogP contribution in [0.1, 0.15) is 35.2 Å². The van der Waals surface area contributed by atoms with E-state index in [1.165, 1.54) is 20.0 Å². The van der Waals surface area contributed by atoms with Gasteiger partial charge in [-0.15, -0.1) is 0 Å². The van der Waals surface area contributed by atoms with Crippen molar-refractivity contribution >= 4 is 5.97 Å². The molecule has 4 heteroatoms. The van der Waals surface area contributed by atoms with Gasteiger partial charge >= 0.3 is 5.97 Å². The summed E-state index contributed by atoms with van der Waals surface area (Å²) >= 11 is 0. The van der Waals surface area contributed by atoms with Gasteiger partial charge in [0.2, 0.25) is 0 Å². The number of rotatable bonds is 7. The predicted octanol–water partition coefficient (Wildman–Crippen LogP) is 2.71. The summed E-state index contributed by atoms with van der Waals surface area (Å²) in [5, 5.41) is 9.05. The van der Waals surface area contributed by atoms with Crippen molar-refractivity contribution in [3.05, 3.63) is 29.3 Å². The zero-order valence-electron chi connectivity index (χ0n) is 10.5. The van der Waals surface area contributed by atoms with Gasteiger partial charge < -0.3 is 14.6 Å². The Morgan fingerprint density at radius 1 is 1.44 bits per heavy atom. The number of hydrogen-bond donors (Lipinski definition) is 1. The summed E-state index contributed by atoms with van der Waals surface area (Å²) in [5.41, 5.74) is 1.05. The fraction of sp³-hybridized carbons (Fsp3) is 0.500. The Labute approximate surface area is 107 Å². The van der Waals surface area contributed by atoms with Crippen LogP contribution in [0.2, 0.25) is 0 Å². The lowest BCUT2D eigenvalue weighted by atomic mass is 10.1. The Balaban J connectivity index is 1.90. The first-order valence-electron chi connectivity index (χ1n) is 6.18. The maximum Gasteiger partial charge on any atom is 0.339 e. The van der Waals surface area contributed by atoms with E-state index in [0.29, 0.717) is 12.4 Å². The smallest absolute Gasteiger partial charge is 0.339 e. The van der Waals surface area contributed by atoms with Gasteiger partial charge in [0.1, 0.15) is 11.3 Å². The fourth-order valence-electron chi connectivity index (χ4n) is 1.86. The highest BCUT2D eigenvalue weighted by molar-refractivity contribution is 5.91. The highest BCUT2D eigenvalue weighted by atomic mass is 16.5. The van der Waals surface area contributed by atoms with Crippen LogP contribution in [0.15, 0.2) is 18.2 Å². The fourth-order valence-corrected chi connectivity index (χ4v) is 1.86. The van der Waals surface area contributed by atoms with E-state index in [1.54, 1.807) is 12.1 Å². The summed E-state index contributed by atoms with van der Waals surface area (Å²) in [6.45, 7) is 1.20. The van der Waals surface area contributed by atoms with Crippen LogP contribution in [0.25, 0.3) is 0 Å². The summed E-state index contributed by atoms with van der Waals surface area (Å²) in [4.78, 5) is 11.0. The molecular weight excluding hydrogens is 232 g/mol. The molecule has 2 rings (SSSR count). The third-order valence-corrected chi connectivity index (χ3v) is 3.13. The van der Waals surface area contributed by atoms with Crippen LogP contribution in [-0.4, -0.2) is 24.8 Å². The zero-order chi connectivity index (χ0) is 13.0. The molecule has 1 aromatic carbocycles. The molecule has 0 bridgehead atoms. The van der Waals surface area contributed by atoms with Crippen molar-refractivity contribution in [3.8, 4) is 5.75 Å². The van der Waals surface area contributed by atoms with Crippen molar-refractivity contribution in [3.63, 3.8) is 0 Å². The average Bonchev–Trinajstić information content (AvgIpc) is 3.18. The second kappa shape index (κ2) is 5.87. The average molecular weight is 250 g/mol. The SMILES string of the molecule is COc1ccc(COCCC2CC2)cc1C(=O)O. The molecule has 0 aliphatic heterocycles. The molecule has 1 aromatic rings. The number of methoxy groups -OCH3 is 1. The molecule has 1 fully saturated rings. The van der Waals surface area contributed by atoms with Crippen molar-refractivity contribution in [2.45, 2.75) is 25.9 Å². The monoisotopic (exact) mass is 250 g/mol. The molecule has 0 aromatic heterocycles. The van der Waals surface area contributed by atoms with Crippen LogP contribution >= 0.6 is 0 Å². The van der Waals surface area contributed by atoms with Crippen molar-refractivity contribution in [1.82, 2.24) is 0 Å². The summed E-state index contributed by atoms with van der Waals surface area (Å²) in [6.07, 6.45) is 3.77. The molecule has 0 radical (unpaired) electrons. The molecule has 0 heterocycles. The highest BCUT2D eigenvalue weighted by Gasteiger charge is 2.20. The molecule has 0 amide bonds. The topological polar surface area (TPSA) is 55.8 Å². The second-order valence-corrected chi connectivity index (χ2v) is 4.62. The van der Waals surface area contributed by atoms with E-state index in [2.05, 4.69) is 0 Å². The van der Waals surface area contributed by atoms with Crippen molar-refractivity contribution in [2.75, 3.05) is 13.7 Å². The summed E-state index contributed by atoms with van der Waals surface area (Å²) in [5.74, 6) is 0.256. The molecule has 0 saturated heterocycles. The summed E-state index contributed by atoms with van der Waals surface area (Å²) < 4.78 is 10.6.